The third kappa shape index (κ3) is 1.65. The number of ether oxygens (including phenoxy) is 2. The first-order chi connectivity index (χ1) is 10.1. The van der Waals surface area contributed by atoms with Crippen LogP contribution in [0.1, 0.15) is 24.0 Å². The molecule has 0 amide bonds. The number of carbonyl (C=O) groups is 1. The summed E-state index contributed by atoms with van der Waals surface area (Å²) in [7, 11) is 1.59. The maximum Gasteiger partial charge on any atom is 0.173 e. The summed E-state index contributed by atoms with van der Waals surface area (Å²) in [5.74, 6) is 0.279. The van der Waals surface area contributed by atoms with Crippen molar-refractivity contribution in [2.75, 3.05) is 7.11 Å². The molecule has 4 heteroatoms. The van der Waals surface area contributed by atoms with Crippen LogP contribution in [0, 0.1) is 24.6 Å². The number of aryl methyl sites for hydroxylation is 1. The van der Waals surface area contributed by atoms with Crippen LogP contribution in [0.2, 0.25) is 0 Å². The monoisotopic (exact) mass is 288 g/mol. The number of hydrogen-bond acceptors (Lipinski definition) is 3. The Hall–Kier alpha value is -1.68. The first-order valence-electron chi connectivity index (χ1n) is 7.36. The first kappa shape index (κ1) is 13.0. The van der Waals surface area contributed by atoms with Gasteiger partial charge in [0.25, 0.3) is 0 Å². The maximum absolute atomic E-state index is 13.6. The van der Waals surface area contributed by atoms with Gasteiger partial charge in [0.05, 0.1) is 36.7 Å². The summed E-state index contributed by atoms with van der Waals surface area (Å²) in [5, 5.41) is 0. The van der Waals surface area contributed by atoms with Crippen molar-refractivity contribution in [2.45, 2.75) is 32.0 Å². The van der Waals surface area contributed by atoms with Crippen LogP contribution in [0.25, 0.3) is 5.57 Å². The minimum Gasteiger partial charge on any atom is -0.500 e. The van der Waals surface area contributed by atoms with Gasteiger partial charge in [0, 0.05) is 0 Å². The molecular weight excluding hydrogens is 271 g/mol. The van der Waals surface area contributed by atoms with Gasteiger partial charge in [-0.2, -0.15) is 0 Å². The Labute approximate surface area is 122 Å². The molecule has 2 saturated heterocycles. The molecule has 1 aromatic carbocycles. The van der Waals surface area contributed by atoms with E-state index in [9.17, 15) is 9.18 Å². The number of Topliss-reactive ketones (excluding diaryl/α,β-unsaturated/α-hetero) is 1. The minimum absolute atomic E-state index is 0.00372. The molecular formula is C17H17FO3. The zero-order valence-corrected chi connectivity index (χ0v) is 12.1. The molecule has 2 heterocycles. The normalized spacial score (nSPS) is 33.8. The molecule has 0 unspecified atom stereocenters. The van der Waals surface area contributed by atoms with Gasteiger partial charge in [0.2, 0.25) is 0 Å². The molecule has 110 valence electrons. The molecule has 2 aliphatic heterocycles. The maximum atomic E-state index is 13.6. The van der Waals surface area contributed by atoms with Gasteiger partial charge in [-0.25, -0.2) is 4.39 Å². The smallest absolute Gasteiger partial charge is 0.173 e. The lowest BCUT2D eigenvalue weighted by atomic mass is 9.80. The van der Waals surface area contributed by atoms with Crippen molar-refractivity contribution in [3.8, 4) is 0 Å². The first-order valence-corrected chi connectivity index (χ1v) is 7.36. The summed E-state index contributed by atoms with van der Waals surface area (Å²) >= 11 is 0. The molecule has 4 rings (SSSR count). The Morgan fingerprint density at radius 3 is 2.67 bits per heavy atom. The third-order valence-corrected chi connectivity index (χ3v) is 5.06. The summed E-state index contributed by atoms with van der Waals surface area (Å²) in [6, 6.07) is 4.56. The second-order valence-corrected chi connectivity index (χ2v) is 6.11. The van der Waals surface area contributed by atoms with E-state index in [1.807, 2.05) is 6.92 Å². The summed E-state index contributed by atoms with van der Waals surface area (Å²) in [6.45, 7) is 1.89. The van der Waals surface area contributed by atoms with Crippen LogP contribution in [0.4, 0.5) is 4.39 Å². The Morgan fingerprint density at radius 1 is 1.24 bits per heavy atom. The minimum atomic E-state index is -0.331. The van der Waals surface area contributed by atoms with E-state index in [-0.39, 0.29) is 35.6 Å². The molecule has 0 N–H and O–H groups in total. The standard InChI is InChI=1S/C17H17FO3/c1-8-3-4-9(18)7-10(8)13-16(19)14-11-5-6-12(21-11)15(14)17(13)20-2/h3-4,7,11-12,14-15H,5-6H2,1-2H3/t11-,12+,14-,15+/m0/s1. The highest BCUT2D eigenvalue weighted by Gasteiger charge is 2.59. The van der Waals surface area contributed by atoms with E-state index in [2.05, 4.69) is 0 Å². The summed E-state index contributed by atoms with van der Waals surface area (Å²) in [5.41, 5.74) is 2.11. The largest absolute Gasteiger partial charge is 0.500 e. The van der Waals surface area contributed by atoms with Gasteiger partial charge in [-0.3, -0.25) is 4.79 Å². The molecule has 4 atom stereocenters. The predicted molar refractivity (Wildman–Crippen MR) is 74.9 cm³/mol. The molecule has 2 bridgehead atoms. The van der Waals surface area contributed by atoms with Gasteiger partial charge in [-0.05, 0) is 43.0 Å². The Morgan fingerprint density at radius 2 is 1.95 bits per heavy atom. The highest BCUT2D eigenvalue weighted by molar-refractivity contribution is 6.25. The van der Waals surface area contributed by atoms with Crippen LogP contribution in [0.15, 0.2) is 24.0 Å². The number of hydrogen-bond donors (Lipinski definition) is 0. The van der Waals surface area contributed by atoms with E-state index < -0.39 is 0 Å². The number of methoxy groups -OCH3 is 1. The topological polar surface area (TPSA) is 35.5 Å². The lowest BCUT2D eigenvalue weighted by Crippen LogP contribution is -2.29. The zero-order valence-electron chi connectivity index (χ0n) is 12.1. The lowest BCUT2D eigenvalue weighted by Gasteiger charge is -2.21. The fourth-order valence-electron chi connectivity index (χ4n) is 4.17. The quantitative estimate of drug-likeness (QED) is 0.839. The van der Waals surface area contributed by atoms with Crippen LogP contribution < -0.4 is 0 Å². The van der Waals surface area contributed by atoms with Crippen LogP contribution in [0.3, 0.4) is 0 Å². The van der Waals surface area contributed by atoms with Gasteiger partial charge in [-0.1, -0.05) is 6.07 Å². The molecule has 3 nitrogen and oxygen atoms in total. The van der Waals surface area contributed by atoms with Crippen molar-refractivity contribution in [1.82, 2.24) is 0 Å². The SMILES string of the molecule is COC1=C(c2cc(F)ccc2C)C(=O)[C@@H]2[C@H]1[C@H]1CC[C@@H]2O1. The predicted octanol–water partition coefficient (Wildman–Crippen LogP) is 2.87. The average molecular weight is 288 g/mol. The van der Waals surface area contributed by atoms with E-state index in [0.717, 1.165) is 18.4 Å². The molecule has 0 saturated carbocycles. The van der Waals surface area contributed by atoms with Crippen LogP contribution >= 0.6 is 0 Å². The van der Waals surface area contributed by atoms with Crippen molar-refractivity contribution in [2.24, 2.45) is 11.8 Å². The molecule has 0 spiro atoms. The fraction of sp³-hybridized carbons (Fsp3) is 0.471. The van der Waals surface area contributed by atoms with Crippen molar-refractivity contribution in [1.29, 1.82) is 0 Å². The van der Waals surface area contributed by atoms with Gasteiger partial charge in [0.1, 0.15) is 11.6 Å². The molecule has 0 aromatic heterocycles. The number of ketones is 1. The molecule has 21 heavy (non-hydrogen) atoms. The van der Waals surface area contributed by atoms with Gasteiger partial charge in [0.15, 0.2) is 5.78 Å². The molecule has 1 aliphatic carbocycles. The van der Waals surface area contributed by atoms with Crippen molar-refractivity contribution in [3.05, 3.63) is 40.9 Å². The van der Waals surface area contributed by atoms with E-state index in [4.69, 9.17) is 9.47 Å². The molecule has 3 aliphatic rings. The van der Waals surface area contributed by atoms with E-state index >= 15 is 0 Å². The van der Waals surface area contributed by atoms with Gasteiger partial charge in [-0.15, -0.1) is 0 Å². The Kier molecular flexibility index (Phi) is 2.73. The van der Waals surface area contributed by atoms with Gasteiger partial charge >= 0.3 is 0 Å². The number of carbonyl (C=O) groups excluding carboxylic acids is 1. The van der Waals surface area contributed by atoms with Crippen LogP contribution in [0.5, 0.6) is 0 Å². The number of allylic oxidation sites excluding steroid dienone is 1. The Bertz CT molecular complexity index is 664. The van der Waals surface area contributed by atoms with Crippen molar-refractivity contribution >= 4 is 11.4 Å². The van der Waals surface area contributed by atoms with E-state index in [0.29, 0.717) is 16.9 Å². The highest BCUT2D eigenvalue weighted by Crippen LogP contribution is 2.54. The highest BCUT2D eigenvalue weighted by atomic mass is 19.1. The average Bonchev–Trinajstić information content (AvgIpc) is 3.13. The number of benzene rings is 1. The number of fused-ring (bicyclic) bond motifs is 5. The molecule has 2 fully saturated rings. The summed E-state index contributed by atoms with van der Waals surface area (Å²) in [4.78, 5) is 12.9. The molecule has 0 radical (unpaired) electrons. The van der Waals surface area contributed by atoms with Crippen LogP contribution in [-0.4, -0.2) is 25.1 Å². The summed E-state index contributed by atoms with van der Waals surface area (Å²) in [6.07, 6.45) is 1.99. The second kappa shape index (κ2) is 4.41. The third-order valence-electron chi connectivity index (χ3n) is 5.06. The number of rotatable bonds is 2. The van der Waals surface area contributed by atoms with E-state index in [1.54, 1.807) is 13.2 Å². The lowest BCUT2D eigenvalue weighted by molar-refractivity contribution is -0.118. The number of halogens is 1. The van der Waals surface area contributed by atoms with E-state index in [1.165, 1.54) is 12.1 Å². The fourth-order valence-corrected chi connectivity index (χ4v) is 4.17. The Balaban J connectivity index is 1.88. The second-order valence-electron chi connectivity index (χ2n) is 6.11. The van der Waals surface area contributed by atoms with Crippen molar-refractivity contribution < 1.29 is 18.7 Å². The van der Waals surface area contributed by atoms with Crippen LogP contribution in [-0.2, 0) is 14.3 Å². The van der Waals surface area contributed by atoms with Crippen molar-refractivity contribution in [3.63, 3.8) is 0 Å². The molecule has 1 aromatic rings. The zero-order chi connectivity index (χ0) is 14.7. The van der Waals surface area contributed by atoms with Gasteiger partial charge < -0.3 is 9.47 Å². The summed E-state index contributed by atoms with van der Waals surface area (Å²) < 4.78 is 25.1.